The van der Waals surface area contributed by atoms with Crippen LogP contribution < -0.4 is 5.32 Å². The Morgan fingerprint density at radius 1 is 1.34 bits per heavy atom. The maximum atomic E-state index is 12.2. The van der Waals surface area contributed by atoms with E-state index in [1.165, 1.54) is 12.7 Å². The molecule has 2 aromatic heterocycles. The third kappa shape index (κ3) is 5.90. The molecule has 162 valence electrons. The second-order valence-electron chi connectivity index (χ2n) is 7.45. The topological polar surface area (TPSA) is 132 Å². The van der Waals surface area contributed by atoms with E-state index in [-0.39, 0.29) is 12.3 Å². The minimum absolute atomic E-state index is 0.0208. The van der Waals surface area contributed by atoms with Gasteiger partial charge in [-0.3, -0.25) is 4.57 Å². The fourth-order valence-corrected chi connectivity index (χ4v) is 3.70. The van der Waals surface area contributed by atoms with E-state index >= 15 is 0 Å². The van der Waals surface area contributed by atoms with Crippen LogP contribution in [0.3, 0.4) is 0 Å². The number of fused-ring (bicyclic) bond motifs is 1. The van der Waals surface area contributed by atoms with Crippen LogP contribution in [-0.4, -0.2) is 67.4 Å². The highest BCUT2D eigenvalue weighted by Crippen LogP contribution is 2.38. The van der Waals surface area contributed by atoms with Gasteiger partial charge in [0.1, 0.15) is 23.5 Å². The summed E-state index contributed by atoms with van der Waals surface area (Å²) in [6, 6.07) is 0. The van der Waals surface area contributed by atoms with Crippen molar-refractivity contribution in [2.24, 2.45) is 0 Å². The summed E-state index contributed by atoms with van der Waals surface area (Å²) in [4.78, 5) is 12.6. The maximum Gasteiger partial charge on any atom is 0.511 e. The molecular formula is C18H31N5O5P+. The molecule has 0 aliphatic carbocycles. The van der Waals surface area contributed by atoms with Gasteiger partial charge in [0.15, 0.2) is 23.4 Å². The first kappa shape index (κ1) is 23.6. The van der Waals surface area contributed by atoms with E-state index in [1.54, 1.807) is 11.6 Å². The zero-order chi connectivity index (χ0) is 21.6. The molecule has 0 bridgehead atoms. The number of aliphatic hydroxyl groups excluding tert-OH is 2. The lowest BCUT2D eigenvalue weighted by Gasteiger charge is -2.25. The molecule has 0 spiro atoms. The van der Waals surface area contributed by atoms with Crippen LogP contribution in [0, 0.1) is 0 Å². The van der Waals surface area contributed by atoms with Crippen molar-refractivity contribution in [2.45, 2.75) is 64.1 Å². The molecule has 29 heavy (non-hydrogen) atoms. The minimum atomic E-state index is -1.78. The molecule has 3 N–H and O–H groups in total. The van der Waals surface area contributed by atoms with Crippen molar-refractivity contribution in [1.82, 2.24) is 19.5 Å². The second kappa shape index (κ2) is 10.4. The predicted octanol–water partition coefficient (Wildman–Crippen LogP) is 2.46. The Balaban J connectivity index is 2.12. The number of nitrogens with zero attached hydrogens (tertiary/aromatic N) is 4. The zero-order valence-corrected chi connectivity index (χ0v) is 18.5. The van der Waals surface area contributed by atoms with E-state index in [4.69, 9.17) is 9.26 Å². The average molecular weight is 428 g/mol. The van der Waals surface area contributed by atoms with E-state index in [0.717, 1.165) is 6.42 Å². The highest BCUT2D eigenvalue weighted by atomic mass is 31.1. The lowest BCUT2D eigenvalue weighted by atomic mass is 10.1. The first-order chi connectivity index (χ1) is 13.7. The van der Waals surface area contributed by atoms with E-state index in [0.29, 0.717) is 23.4 Å². The summed E-state index contributed by atoms with van der Waals surface area (Å²) in [5.41, 5.74) is 0.317. The summed E-state index contributed by atoms with van der Waals surface area (Å²) in [6.45, 7) is 7.28. The molecule has 0 aliphatic heterocycles. The van der Waals surface area contributed by atoms with Gasteiger partial charge in [0.05, 0.1) is 19.5 Å². The largest absolute Gasteiger partial charge is 0.511 e. The first-order valence-electron chi connectivity index (χ1n) is 9.65. The predicted molar refractivity (Wildman–Crippen MR) is 110 cm³/mol. The fourth-order valence-electron chi connectivity index (χ4n) is 2.64. The fraction of sp³-hybridized carbons (Fsp3) is 0.722. The molecule has 0 radical (unpaired) electrons. The van der Waals surface area contributed by atoms with Crippen molar-refractivity contribution in [3.63, 3.8) is 0 Å². The van der Waals surface area contributed by atoms with Gasteiger partial charge in [-0.25, -0.2) is 15.0 Å². The van der Waals surface area contributed by atoms with Crippen molar-refractivity contribution in [3.8, 4) is 0 Å². The van der Waals surface area contributed by atoms with Crippen molar-refractivity contribution < 1.29 is 24.0 Å². The SMILES string of the molecule is CCC(C)[P+](=O)OC(C)(C)CCOC([C@H](O)CO)n1cnc2c(NC)ncnc21. The van der Waals surface area contributed by atoms with Crippen LogP contribution in [0.15, 0.2) is 12.7 Å². The van der Waals surface area contributed by atoms with E-state index in [9.17, 15) is 14.8 Å². The van der Waals surface area contributed by atoms with Crippen LogP contribution >= 0.6 is 8.03 Å². The molecular weight excluding hydrogens is 397 g/mol. The van der Waals surface area contributed by atoms with Crippen LogP contribution in [-0.2, 0) is 13.8 Å². The van der Waals surface area contributed by atoms with Gasteiger partial charge in [-0.2, -0.15) is 0 Å². The van der Waals surface area contributed by atoms with Gasteiger partial charge in [0.25, 0.3) is 0 Å². The molecule has 2 aromatic rings. The zero-order valence-electron chi connectivity index (χ0n) is 17.6. The Hall–Kier alpha value is -1.71. The van der Waals surface area contributed by atoms with Crippen LogP contribution in [0.1, 0.15) is 46.8 Å². The van der Waals surface area contributed by atoms with Crippen LogP contribution in [0.5, 0.6) is 0 Å². The minimum Gasteiger partial charge on any atom is -0.394 e. The summed E-state index contributed by atoms with van der Waals surface area (Å²) in [7, 11) is -0.0509. The van der Waals surface area contributed by atoms with Crippen molar-refractivity contribution >= 4 is 25.0 Å². The average Bonchev–Trinajstić information content (AvgIpc) is 3.13. The lowest BCUT2D eigenvalue weighted by Crippen LogP contribution is -2.32. The number of anilines is 1. The Kier molecular flexibility index (Phi) is 8.42. The van der Waals surface area contributed by atoms with Gasteiger partial charge in [0, 0.05) is 13.5 Å². The lowest BCUT2D eigenvalue weighted by molar-refractivity contribution is -0.104. The van der Waals surface area contributed by atoms with Crippen molar-refractivity contribution in [1.29, 1.82) is 0 Å². The maximum absolute atomic E-state index is 12.2. The van der Waals surface area contributed by atoms with E-state index in [2.05, 4.69) is 20.3 Å². The third-order valence-electron chi connectivity index (χ3n) is 4.67. The van der Waals surface area contributed by atoms with E-state index < -0.39 is 32.6 Å². The number of imidazole rings is 1. The van der Waals surface area contributed by atoms with Gasteiger partial charge >= 0.3 is 8.03 Å². The molecule has 3 unspecified atom stereocenters. The standard InChI is InChI=1S/C18H31N5O5P/c1-6-12(2)29(26)28-18(3,4)7-8-27-17(13(25)9-24)23-11-22-14-15(19-5)20-10-21-16(14)23/h10-13,17,24-25H,6-9H2,1-5H3,(H,19,20,21)/q+1/t12?,13-,17?/m1/s1. The molecule has 0 saturated heterocycles. The number of hydrogen-bond acceptors (Lipinski definition) is 9. The Morgan fingerprint density at radius 2 is 2.07 bits per heavy atom. The number of ether oxygens (including phenoxy) is 1. The number of rotatable bonds is 12. The first-order valence-corrected chi connectivity index (χ1v) is 10.9. The second-order valence-corrected chi connectivity index (χ2v) is 9.09. The smallest absolute Gasteiger partial charge is 0.394 e. The summed E-state index contributed by atoms with van der Waals surface area (Å²) in [5, 5.41) is 22.7. The number of hydrogen-bond donors (Lipinski definition) is 3. The number of nitrogens with one attached hydrogen (secondary N) is 1. The molecule has 0 aliphatic rings. The quantitative estimate of drug-likeness (QED) is 0.436. The van der Waals surface area contributed by atoms with Crippen LogP contribution in [0.2, 0.25) is 0 Å². The molecule has 0 fully saturated rings. The third-order valence-corrected chi connectivity index (χ3v) is 6.43. The summed E-state index contributed by atoms with van der Waals surface area (Å²) in [5.74, 6) is 0.550. The highest BCUT2D eigenvalue weighted by Gasteiger charge is 2.36. The normalized spacial score (nSPS) is 15.9. The van der Waals surface area contributed by atoms with Gasteiger partial charge < -0.3 is 20.3 Å². The number of aromatic nitrogens is 4. The van der Waals surface area contributed by atoms with Gasteiger partial charge in [-0.05, 0) is 31.8 Å². The highest BCUT2D eigenvalue weighted by molar-refractivity contribution is 7.40. The van der Waals surface area contributed by atoms with E-state index in [1.807, 2.05) is 27.7 Å². The van der Waals surface area contributed by atoms with Gasteiger partial charge in [-0.1, -0.05) is 6.92 Å². The van der Waals surface area contributed by atoms with Gasteiger partial charge in [0.2, 0.25) is 0 Å². The summed E-state index contributed by atoms with van der Waals surface area (Å²) in [6.07, 6.45) is 2.02. The molecule has 2 heterocycles. The molecule has 2 rings (SSSR count). The summed E-state index contributed by atoms with van der Waals surface area (Å²) >= 11 is 0. The van der Waals surface area contributed by atoms with Crippen LogP contribution in [0.25, 0.3) is 11.2 Å². The molecule has 0 amide bonds. The molecule has 10 nitrogen and oxygen atoms in total. The Bertz CT molecular complexity index is 815. The Labute approximate surface area is 171 Å². The molecule has 4 atom stereocenters. The van der Waals surface area contributed by atoms with Gasteiger partial charge in [-0.15, -0.1) is 4.52 Å². The van der Waals surface area contributed by atoms with Crippen LogP contribution in [0.4, 0.5) is 5.82 Å². The molecule has 0 aromatic carbocycles. The monoisotopic (exact) mass is 428 g/mol. The molecule has 0 saturated carbocycles. The molecule has 11 heteroatoms. The van der Waals surface area contributed by atoms with Crippen molar-refractivity contribution in [3.05, 3.63) is 12.7 Å². The van der Waals surface area contributed by atoms with Crippen molar-refractivity contribution in [2.75, 3.05) is 25.6 Å². The summed E-state index contributed by atoms with van der Waals surface area (Å²) < 4.78 is 25.4. The number of aliphatic hydroxyl groups is 2. The Morgan fingerprint density at radius 3 is 2.69 bits per heavy atom.